The molecule has 0 N–H and O–H groups in total. The lowest BCUT2D eigenvalue weighted by Gasteiger charge is -2.28. The molecule has 5 heteroatoms. The summed E-state index contributed by atoms with van der Waals surface area (Å²) in [6, 6.07) is 17.4. The second-order valence-electron chi connectivity index (χ2n) is 5.81. The molecule has 0 fully saturated rings. The van der Waals surface area contributed by atoms with E-state index in [1.807, 2.05) is 79.3 Å². The van der Waals surface area contributed by atoms with Crippen LogP contribution in [0.4, 0.5) is 0 Å². The van der Waals surface area contributed by atoms with Crippen molar-refractivity contribution in [3.8, 4) is 0 Å². The molecule has 25 heavy (non-hydrogen) atoms. The van der Waals surface area contributed by atoms with Crippen molar-refractivity contribution >= 4 is 21.8 Å². The van der Waals surface area contributed by atoms with Gasteiger partial charge in [-0.1, -0.05) is 36.4 Å². The number of amides is 1. The Labute approximate surface area is 156 Å². The van der Waals surface area contributed by atoms with Gasteiger partial charge in [0.05, 0.1) is 11.7 Å². The molecule has 2 heterocycles. The molecule has 1 amide bonds. The number of pyridine rings is 1. The number of carbonyl (C=O) groups excluding carboxylic acids is 1. The highest BCUT2D eigenvalue weighted by atomic mass is 79.9. The molecule has 0 saturated carbocycles. The van der Waals surface area contributed by atoms with E-state index in [1.165, 1.54) is 0 Å². The first-order valence-corrected chi connectivity index (χ1v) is 8.99. The van der Waals surface area contributed by atoms with E-state index in [9.17, 15) is 4.79 Å². The van der Waals surface area contributed by atoms with Gasteiger partial charge in [-0.05, 0) is 46.6 Å². The highest BCUT2D eigenvalue weighted by Gasteiger charge is 2.27. The maximum absolute atomic E-state index is 13.2. The number of aryl methyl sites for hydroxylation is 1. The minimum Gasteiger partial charge on any atom is -0.343 e. The number of nitrogens with zero attached hydrogens (tertiary/aromatic N) is 3. The fourth-order valence-electron chi connectivity index (χ4n) is 2.98. The van der Waals surface area contributed by atoms with Crippen LogP contribution in [0.3, 0.4) is 0 Å². The number of aromatic nitrogens is 2. The van der Waals surface area contributed by atoms with E-state index in [0.29, 0.717) is 5.69 Å². The van der Waals surface area contributed by atoms with Crippen molar-refractivity contribution < 1.29 is 4.79 Å². The summed E-state index contributed by atoms with van der Waals surface area (Å²) in [5.41, 5.74) is 2.54. The van der Waals surface area contributed by atoms with Gasteiger partial charge in [0.25, 0.3) is 5.91 Å². The maximum atomic E-state index is 13.2. The third-order valence-corrected chi connectivity index (χ3v) is 4.65. The molecule has 1 atom stereocenters. The number of halogens is 1. The second kappa shape index (κ2) is 7.66. The first-order chi connectivity index (χ1) is 12.1. The number of benzene rings is 1. The Morgan fingerprint density at radius 3 is 2.56 bits per heavy atom. The zero-order valence-corrected chi connectivity index (χ0v) is 15.8. The largest absolute Gasteiger partial charge is 0.343 e. The Bertz CT molecular complexity index is 806. The van der Waals surface area contributed by atoms with Crippen molar-refractivity contribution in [2.75, 3.05) is 7.05 Å². The highest BCUT2D eigenvalue weighted by molar-refractivity contribution is 9.10. The topological polar surface area (TPSA) is 38.1 Å². The fraction of sp³-hybridized carbons (Fsp3) is 0.200. The van der Waals surface area contributed by atoms with E-state index in [2.05, 4.69) is 20.9 Å². The number of hydrogen-bond acceptors (Lipinski definition) is 2. The summed E-state index contributed by atoms with van der Waals surface area (Å²) in [7, 11) is 1.83. The lowest BCUT2D eigenvalue weighted by atomic mass is 10.0. The monoisotopic (exact) mass is 397 g/mol. The summed E-state index contributed by atoms with van der Waals surface area (Å²) in [5.74, 6) is -0.0351. The normalized spacial score (nSPS) is 12.0. The standard InChI is InChI=1S/C20H20BrN3O/c1-3-24-14-16(21)13-18(24)20(25)23(2)19(15-9-5-4-6-10-15)17-11-7-8-12-22-17/h4-14,19H,3H2,1-2H3. The molecule has 128 valence electrons. The van der Waals surface area contributed by atoms with Gasteiger partial charge in [-0.2, -0.15) is 0 Å². The van der Waals surface area contributed by atoms with Crippen molar-refractivity contribution in [2.45, 2.75) is 19.5 Å². The van der Waals surface area contributed by atoms with E-state index in [4.69, 9.17) is 0 Å². The molecule has 4 nitrogen and oxygen atoms in total. The molecule has 1 unspecified atom stereocenters. The van der Waals surface area contributed by atoms with Crippen LogP contribution in [0.15, 0.2) is 71.5 Å². The van der Waals surface area contributed by atoms with Crippen molar-refractivity contribution in [1.82, 2.24) is 14.5 Å². The van der Waals surface area contributed by atoms with Gasteiger partial charge in [0.1, 0.15) is 5.69 Å². The van der Waals surface area contributed by atoms with Crippen LogP contribution in [-0.4, -0.2) is 27.4 Å². The van der Waals surface area contributed by atoms with Gasteiger partial charge in [0.2, 0.25) is 0 Å². The van der Waals surface area contributed by atoms with E-state index in [1.54, 1.807) is 11.1 Å². The Balaban J connectivity index is 2.02. The Kier molecular flexibility index (Phi) is 5.34. The minimum atomic E-state index is -0.242. The first kappa shape index (κ1) is 17.4. The molecular weight excluding hydrogens is 378 g/mol. The van der Waals surface area contributed by atoms with Crippen LogP contribution in [-0.2, 0) is 6.54 Å². The predicted octanol–water partition coefficient (Wildman–Crippen LogP) is 4.53. The summed E-state index contributed by atoms with van der Waals surface area (Å²) >= 11 is 3.46. The zero-order valence-electron chi connectivity index (χ0n) is 14.3. The van der Waals surface area contributed by atoms with Crippen LogP contribution in [0.25, 0.3) is 0 Å². The number of hydrogen-bond donors (Lipinski definition) is 0. The molecule has 0 spiro atoms. The lowest BCUT2D eigenvalue weighted by Crippen LogP contribution is -2.33. The maximum Gasteiger partial charge on any atom is 0.271 e. The second-order valence-corrected chi connectivity index (χ2v) is 6.73. The van der Waals surface area contributed by atoms with E-state index < -0.39 is 0 Å². The molecular formula is C20H20BrN3O. The molecule has 0 radical (unpaired) electrons. The summed E-state index contributed by atoms with van der Waals surface area (Å²) in [4.78, 5) is 19.4. The minimum absolute atomic E-state index is 0.0351. The molecule has 0 bridgehead atoms. The van der Waals surface area contributed by atoms with Crippen molar-refractivity contribution in [3.63, 3.8) is 0 Å². The van der Waals surface area contributed by atoms with E-state index in [0.717, 1.165) is 22.3 Å². The lowest BCUT2D eigenvalue weighted by molar-refractivity contribution is 0.0742. The summed E-state index contributed by atoms with van der Waals surface area (Å²) in [6.45, 7) is 2.76. The molecule has 0 aliphatic carbocycles. The number of carbonyl (C=O) groups is 1. The Morgan fingerprint density at radius 2 is 1.92 bits per heavy atom. The van der Waals surface area contributed by atoms with Gasteiger partial charge >= 0.3 is 0 Å². The molecule has 0 aliphatic heterocycles. The van der Waals surface area contributed by atoms with Gasteiger partial charge < -0.3 is 9.47 Å². The first-order valence-electron chi connectivity index (χ1n) is 8.20. The van der Waals surface area contributed by atoms with Gasteiger partial charge in [-0.15, -0.1) is 0 Å². The highest BCUT2D eigenvalue weighted by Crippen LogP contribution is 2.28. The quantitative estimate of drug-likeness (QED) is 0.634. The van der Waals surface area contributed by atoms with E-state index >= 15 is 0 Å². The van der Waals surface area contributed by atoms with Crippen LogP contribution >= 0.6 is 15.9 Å². The van der Waals surface area contributed by atoms with Gasteiger partial charge in [-0.25, -0.2) is 0 Å². The molecule has 3 rings (SSSR count). The van der Waals surface area contributed by atoms with Crippen LogP contribution in [0.5, 0.6) is 0 Å². The average Bonchev–Trinajstić information content (AvgIpc) is 3.04. The molecule has 0 saturated heterocycles. The average molecular weight is 398 g/mol. The molecule has 3 aromatic rings. The van der Waals surface area contributed by atoms with Crippen LogP contribution in [0.1, 0.15) is 34.7 Å². The van der Waals surface area contributed by atoms with E-state index in [-0.39, 0.29) is 11.9 Å². The van der Waals surface area contributed by atoms with Crippen molar-refractivity contribution in [1.29, 1.82) is 0 Å². The van der Waals surface area contributed by atoms with Crippen LogP contribution in [0, 0.1) is 0 Å². The van der Waals surface area contributed by atoms with Gasteiger partial charge in [0.15, 0.2) is 0 Å². The summed E-state index contributed by atoms with van der Waals surface area (Å²) < 4.78 is 2.85. The SMILES string of the molecule is CCn1cc(Br)cc1C(=O)N(C)C(c1ccccc1)c1ccccn1. The van der Waals surface area contributed by atoms with Crippen LogP contribution in [0.2, 0.25) is 0 Å². The predicted molar refractivity (Wildman–Crippen MR) is 102 cm³/mol. The van der Waals surface area contributed by atoms with Crippen molar-refractivity contribution in [3.05, 3.63) is 88.4 Å². The molecule has 0 aliphatic rings. The Morgan fingerprint density at radius 1 is 1.20 bits per heavy atom. The smallest absolute Gasteiger partial charge is 0.271 e. The fourth-order valence-corrected chi connectivity index (χ4v) is 3.44. The zero-order chi connectivity index (χ0) is 17.8. The van der Waals surface area contributed by atoms with Crippen molar-refractivity contribution in [2.24, 2.45) is 0 Å². The summed E-state index contributed by atoms with van der Waals surface area (Å²) in [5, 5.41) is 0. The van der Waals surface area contributed by atoms with Crippen LogP contribution < -0.4 is 0 Å². The Hall–Kier alpha value is -2.40. The van der Waals surface area contributed by atoms with Gasteiger partial charge in [0, 0.05) is 30.5 Å². The third-order valence-electron chi connectivity index (χ3n) is 4.21. The third kappa shape index (κ3) is 3.66. The molecule has 1 aromatic carbocycles. The van der Waals surface area contributed by atoms with Gasteiger partial charge in [-0.3, -0.25) is 9.78 Å². The number of rotatable bonds is 5. The molecule has 2 aromatic heterocycles. The summed E-state index contributed by atoms with van der Waals surface area (Å²) in [6.07, 6.45) is 3.69.